The summed E-state index contributed by atoms with van der Waals surface area (Å²) in [7, 11) is 0. The first-order valence-electron chi connectivity index (χ1n) is 4.32. The molecular formula is C8H12N4O2. The van der Waals surface area contributed by atoms with E-state index in [1.165, 1.54) is 0 Å². The van der Waals surface area contributed by atoms with E-state index >= 15 is 0 Å². The number of nitrogens with zero attached hydrogens (tertiary/aromatic N) is 1. The average molecular weight is 196 g/mol. The van der Waals surface area contributed by atoms with Gasteiger partial charge in [0.1, 0.15) is 11.5 Å². The van der Waals surface area contributed by atoms with Gasteiger partial charge in [-0.3, -0.25) is 4.79 Å². The highest BCUT2D eigenvalue weighted by atomic mass is 16.3. The van der Waals surface area contributed by atoms with Gasteiger partial charge < -0.3 is 26.0 Å². The van der Waals surface area contributed by atoms with Crippen molar-refractivity contribution in [1.82, 2.24) is 20.9 Å². The summed E-state index contributed by atoms with van der Waals surface area (Å²) in [4.78, 5) is 13.3. The highest BCUT2D eigenvalue weighted by Gasteiger charge is 2.32. The maximum absolute atomic E-state index is 11.5. The second-order valence-corrected chi connectivity index (χ2v) is 3.09. The summed E-state index contributed by atoms with van der Waals surface area (Å²) >= 11 is 0. The first-order valence-corrected chi connectivity index (χ1v) is 4.32. The van der Waals surface area contributed by atoms with E-state index in [-0.39, 0.29) is 5.91 Å². The third-order valence-electron chi connectivity index (χ3n) is 2.11. The molecular weight excluding hydrogens is 184 g/mol. The number of nitrogens with one attached hydrogen (secondary N) is 3. The van der Waals surface area contributed by atoms with Gasteiger partial charge in [0.15, 0.2) is 0 Å². The van der Waals surface area contributed by atoms with Gasteiger partial charge in [0, 0.05) is 6.54 Å². The van der Waals surface area contributed by atoms with Gasteiger partial charge in [-0.25, -0.2) is 0 Å². The van der Waals surface area contributed by atoms with Crippen molar-refractivity contribution in [2.24, 2.45) is 0 Å². The Morgan fingerprint density at radius 2 is 2.43 bits per heavy atom. The molecule has 1 atom stereocenters. The predicted octanol–water partition coefficient (Wildman–Crippen LogP) is -1.80. The molecule has 2 heterocycles. The zero-order valence-corrected chi connectivity index (χ0v) is 7.58. The summed E-state index contributed by atoms with van der Waals surface area (Å²) in [5, 5.41) is 17.3. The molecule has 2 aliphatic heterocycles. The summed E-state index contributed by atoms with van der Waals surface area (Å²) in [5.41, 5.74) is 0.523. The van der Waals surface area contributed by atoms with Gasteiger partial charge in [-0.2, -0.15) is 0 Å². The lowest BCUT2D eigenvalue weighted by atomic mass is 10.3. The van der Waals surface area contributed by atoms with Crippen molar-refractivity contribution in [3.8, 4) is 0 Å². The predicted molar refractivity (Wildman–Crippen MR) is 49.2 cm³/mol. The molecule has 2 rings (SSSR count). The first kappa shape index (κ1) is 8.89. The van der Waals surface area contributed by atoms with E-state index in [9.17, 15) is 9.90 Å². The maximum Gasteiger partial charge on any atom is 0.274 e. The quantitative estimate of drug-likeness (QED) is 0.392. The topological polar surface area (TPSA) is 76.6 Å². The maximum atomic E-state index is 11.5. The number of amides is 1. The van der Waals surface area contributed by atoms with Gasteiger partial charge in [-0.1, -0.05) is 6.08 Å². The Bertz CT molecular complexity index is 312. The number of carbonyl (C=O) groups excluding carboxylic acids is 1. The fourth-order valence-corrected chi connectivity index (χ4v) is 1.55. The van der Waals surface area contributed by atoms with Crippen LogP contribution in [0.25, 0.3) is 0 Å². The standard InChI is InChI=1S/C8H12N4O2/c1-2-3-12-4-9-6-5(12)7(13)11-8(14)10-6/h2,8-10,14H,1,3-4H2,(H,11,13). The van der Waals surface area contributed by atoms with E-state index < -0.39 is 6.35 Å². The average Bonchev–Trinajstić information content (AvgIpc) is 2.49. The van der Waals surface area contributed by atoms with Gasteiger partial charge in [0.2, 0.25) is 6.35 Å². The van der Waals surface area contributed by atoms with Crippen LogP contribution in [-0.2, 0) is 4.79 Å². The summed E-state index contributed by atoms with van der Waals surface area (Å²) in [5.74, 6) is 0.293. The smallest absolute Gasteiger partial charge is 0.274 e. The number of aliphatic hydroxyl groups is 1. The SMILES string of the molecule is C=CCN1CNC2=C1C(=O)NC(O)N2. The van der Waals surface area contributed by atoms with Crippen LogP contribution in [0.5, 0.6) is 0 Å². The first-order chi connectivity index (χ1) is 6.72. The molecule has 6 nitrogen and oxygen atoms in total. The summed E-state index contributed by atoms with van der Waals surface area (Å²) < 4.78 is 0. The summed E-state index contributed by atoms with van der Waals surface area (Å²) in [6.07, 6.45) is 0.702. The van der Waals surface area contributed by atoms with Crippen LogP contribution in [0, 0.1) is 0 Å². The van der Waals surface area contributed by atoms with Gasteiger partial charge in [0.05, 0.1) is 6.67 Å². The van der Waals surface area contributed by atoms with Gasteiger partial charge in [0.25, 0.3) is 5.91 Å². The molecule has 0 aromatic heterocycles. The molecule has 1 amide bonds. The number of carbonyl (C=O) groups is 1. The molecule has 0 aliphatic carbocycles. The number of aliphatic hydroxyl groups excluding tert-OH is 1. The van der Waals surface area contributed by atoms with Crippen LogP contribution in [-0.4, -0.2) is 35.5 Å². The molecule has 76 valence electrons. The minimum atomic E-state index is -1.02. The van der Waals surface area contributed by atoms with Crippen molar-refractivity contribution in [2.75, 3.05) is 13.2 Å². The van der Waals surface area contributed by atoms with Crippen LogP contribution in [0.1, 0.15) is 0 Å². The van der Waals surface area contributed by atoms with Crippen molar-refractivity contribution < 1.29 is 9.90 Å². The minimum Gasteiger partial charge on any atom is -0.356 e. The van der Waals surface area contributed by atoms with E-state index in [1.807, 2.05) is 4.90 Å². The van der Waals surface area contributed by atoms with Crippen LogP contribution >= 0.6 is 0 Å². The molecule has 14 heavy (non-hydrogen) atoms. The lowest BCUT2D eigenvalue weighted by Crippen LogP contribution is -2.52. The molecule has 0 aromatic carbocycles. The van der Waals surface area contributed by atoms with E-state index in [4.69, 9.17) is 0 Å². The van der Waals surface area contributed by atoms with Crippen LogP contribution in [0.4, 0.5) is 0 Å². The molecule has 0 spiro atoms. The van der Waals surface area contributed by atoms with Crippen molar-refractivity contribution >= 4 is 5.91 Å². The largest absolute Gasteiger partial charge is 0.356 e. The van der Waals surface area contributed by atoms with Gasteiger partial charge in [-0.05, 0) is 0 Å². The molecule has 6 heteroatoms. The molecule has 2 aliphatic rings. The third-order valence-corrected chi connectivity index (χ3v) is 2.11. The Labute approximate surface area is 81.3 Å². The zero-order valence-electron chi connectivity index (χ0n) is 7.58. The van der Waals surface area contributed by atoms with Crippen molar-refractivity contribution in [1.29, 1.82) is 0 Å². The Morgan fingerprint density at radius 3 is 3.14 bits per heavy atom. The third kappa shape index (κ3) is 1.29. The van der Waals surface area contributed by atoms with E-state index in [0.29, 0.717) is 24.7 Å². The highest BCUT2D eigenvalue weighted by Crippen LogP contribution is 2.16. The Morgan fingerprint density at radius 1 is 1.64 bits per heavy atom. The molecule has 0 saturated heterocycles. The van der Waals surface area contributed by atoms with E-state index in [1.54, 1.807) is 6.08 Å². The van der Waals surface area contributed by atoms with Crippen LogP contribution in [0.2, 0.25) is 0 Å². The molecule has 0 aromatic rings. The summed E-state index contributed by atoms with van der Waals surface area (Å²) in [6, 6.07) is 0. The van der Waals surface area contributed by atoms with E-state index in [0.717, 1.165) is 0 Å². The second kappa shape index (κ2) is 3.22. The summed E-state index contributed by atoms with van der Waals surface area (Å²) in [6.45, 7) is 4.75. The lowest BCUT2D eigenvalue weighted by molar-refractivity contribution is -0.123. The molecule has 1 unspecified atom stereocenters. The lowest BCUT2D eigenvalue weighted by Gasteiger charge is -2.24. The fourth-order valence-electron chi connectivity index (χ4n) is 1.55. The second-order valence-electron chi connectivity index (χ2n) is 3.09. The van der Waals surface area contributed by atoms with Crippen LogP contribution in [0.15, 0.2) is 24.2 Å². The normalized spacial score (nSPS) is 25.1. The molecule has 0 fully saturated rings. The molecule has 0 bridgehead atoms. The Balaban J connectivity index is 2.23. The van der Waals surface area contributed by atoms with Crippen molar-refractivity contribution in [3.63, 3.8) is 0 Å². The number of hydrogen-bond acceptors (Lipinski definition) is 5. The number of rotatable bonds is 2. The van der Waals surface area contributed by atoms with Crippen LogP contribution in [0.3, 0.4) is 0 Å². The highest BCUT2D eigenvalue weighted by molar-refractivity contribution is 5.94. The molecule has 0 saturated carbocycles. The van der Waals surface area contributed by atoms with Gasteiger partial charge >= 0.3 is 0 Å². The zero-order chi connectivity index (χ0) is 10.1. The monoisotopic (exact) mass is 196 g/mol. The van der Waals surface area contributed by atoms with Crippen LogP contribution < -0.4 is 16.0 Å². The van der Waals surface area contributed by atoms with Crippen molar-refractivity contribution in [2.45, 2.75) is 6.35 Å². The van der Waals surface area contributed by atoms with Crippen molar-refractivity contribution in [3.05, 3.63) is 24.2 Å². The fraction of sp³-hybridized carbons (Fsp3) is 0.375. The Kier molecular flexibility index (Phi) is 2.05. The molecule has 4 N–H and O–H groups in total. The molecule has 0 radical (unpaired) electrons. The Hall–Kier alpha value is -1.69. The minimum absolute atomic E-state index is 0.280. The van der Waals surface area contributed by atoms with Gasteiger partial charge in [-0.15, -0.1) is 6.58 Å². The van der Waals surface area contributed by atoms with E-state index in [2.05, 4.69) is 22.5 Å². The number of hydrogen-bond donors (Lipinski definition) is 4.